The van der Waals surface area contributed by atoms with Gasteiger partial charge in [0.1, 0.15) is 5.82 Å². The van der Waals surface area contributed by atoms with Gasteiger partial charge in [0.15, 0.2) is 0 Å². The maximum Gasteiger partial charge on any atom is 0.290 e. The summed E-state index contributed by atoms with van der Waals surface area (Å²) in [7, 11) is -1.12. The molecule has 2 aliphatic rings. The van der Waals surface area contributed by atoms with Crippen LogP contribution in [0.1, 0.15) is 17.8 Å². The van der Waals surface area contributed by atoms with Crippen molar-refractivity contribution >= 4 is 16.5 Å². The van der Waals surface area contributed by atoms with E-state index in [4.69, 9.17) is 9.90 Å². The lowest BCUT2D eigenvalue weighted by Crippen LogP contribution is -2.36. The third kappa shape index (κ3) is 5.08. The third-order valence-corrected chi connectivity index (χ3v) is 7.52. The summed E-state index contributed by atoms with van der Waals surface area (Å²) in [5.74, 6) is 1.45. The minimum Gasteiger partial charge on any atom is -0.483 e. The molecule has 2 unspecified atom stereocenters. The zero-order valence-corrected chi connectivity index (χ0v) is 18.3. The molecule has 4 rings (SSSR count). The molecule has 0 aliphatic carbocycles. The van der Waals surface area contributed by atoms with Gasteiger partial charge in [-0.05, 0) is 24.3 Å². The van der Waals surface area contributed by atoms with Crippen molar-refractivity contribution < 1.29 is 18.3 Å². The van der Waals surface area contributed by atoms with E-state index in [1.54, 1.807) is 4.31 Å². The van der Waals surface area contributed by atoms with E-state index < -0.39 is 10.0 Å². The SMILES string of the molecule is Cn1ccnc1CN1CC2CN(S(C)(=O)=O)CC2(CCc2ccccc2)C1.O=CO. The molecule has 0 spiro atoms. The molecular formula is C21H30N4O4S. The number of carboxylic acid groups (broad SMARTS) is 1. The highest BCUT2D eigenvalue weighted by molar-refractivity contribution is 7.88. The first-order chi connectivity index (χ1) is 14.3. The van der Waals surface area contributed by atoms with Gasteiger partial charge < -0.3 is 9.67 Å². The van der Waals surface area contributed by atoms with Gasteiger partial charge in [-0.15, -0.1) is 0 Å². The highest BCUT2D eigenvalue weighted by Crippen LogP contribution is 2.46. The second-order valence-corrected chi connectivity index (χ2v) is 10.3. The highest BCUT2D eigenvalue weighted by Gasteiger charge is 2.53. The molecule has 0 bridgehead atoms. The summed E-state index contributed by atoms with van der Waals surface area (Å²) in [6.45, 7) is 3.73. The van der Waals surface area contributed by atoms with E-state index in [0.29, 0.717) is 19.0 Å². The largest absolute Gasteiger partial charge is 0.483 e. The molecule has 30 heavy (non-hydrogen) atoms. The number of fused-ring (bicyclic) bond motifs is 1. The van der Waals surface area contributed by atoms with Gasteiger partial charge in [-0.2, -0.15) is 0 Å². The number of aryl methyl sites for hydroxylation is 2. The maximum atomic E-state index is 12.2. The molecule has 1 N–H and O–H groups in total. The Labute approximate surface area is 178 Å². The zero-order valence-electron chi connectivity index (χ0n) is 17.5. The molecule has 9 heteroatoms. The molecule has 2 aliphatic heterocycles. The van der Waals surface area contributed by atoms with Crippen LogP contribution in [0.25, 0.3) is 0 Å². The van der Waals surface area contributed by atoms with Crippen LogP contribution in [0.5, 0.6) is 0 Å². The summed E-state index contributed by atoms with van der Waals surface area (Å²) in [5.41, 5.74) is 1.36. The summed E-state index contributed by atoms with van der Waals surface area (Å²) >= 11 is 0. The maximum absolute atomic E-state index is 12.2. The molecular weight excluding hydrogens is 404 g/mol. The molecule has 1 aromatic heterocycles. The predicted molar refractivity (Wildman–Crippen MR) is 114 cm³/mol. The van der Waals surface area contributed by atoms with Gasteiger partial charge in [0, 0.05) is 51.0 Å². The minimum absolute atomic E-state index is 0.0318. The van der Waals surface area contributed by atoms with Crippen LogP contribution < -0.4 is 0 Å². The van der Waals surface area contributed by atoms with E-state index in [1.807, 2.05) is 25.5 Å². The quantitative estimate of drug-likeness (QED) is 0.692. The molecule has 8 nitrogen and oxygen atoms in total. The summed E-state index contributed by atoms with van der Waals surface area (Å²) in [6.07, 6.45) is 7.16. The van der Waals surface area contributed by atoms with E-state index >= 15 is 0 Å². The molecule has 0 saturated carbocycles. The van der Waals surface area contributed by atoms with Crippen molar-refractivity contribution in [1.82, 2.24) is 18.8 Å². The van der Waals surface area contributed by atoms with E-state index in [1.165, 1.54) is 11.8 Å². The fourth-order valence-corrected chi connectivity index (χ4v) is 5.70. The molecule has 164 valence electrons. The first kappa shape index (κ1) is 22.5. The highest BCUT2D eigenvalue weighted by atomic mass is 32.2. The number of likely N-dealkylation sites (tertiary alicyclic amines) is 1. The molecule has 2 atom stereocenters. The minimum atomic E-state index is -3.14. The van der Waals surface area contributed by atoms with Gasteiger partial charge in [-0.1, -0.05) is 30.3 Å². The summed E-state index contributed by atoms with van der Waals surface area (Å²) in [6, 6.07) is 10.5. The molecule has 2 saturated heterocycles. The van der Waals surface area contributed by atoms with Crippen LogP contribution in [0.4, 0.5) is 0 Å². The van der Waals surface area contributed by atoms with Gasteiger partial charge in [0.05, 0.1) is 12.8 Å². The average Bonchev–Trinajstić information content (AvgIpc) is 3.34. The lowest BCUT2D eigenvalue weighted by atomic mass is 9.76. The Hall–Kier alpha value is -2.23. The number of carbonyl (C=O) groups is 1. The van der Waals surface area contributed by atoms with Gasteiger partial charge in [-0.3, -0.25) is 9.69 Å². The summed E-state index contributed by atoms with van der Waals surface area (Å²) in [5, 5.41) is 6.89. The van der Waals surface area contributed by atoms with Crippen molar-refractivity contribution in [2.75, 3.05) is 32.4 Å². The van der Waals surface area contributed by atoms with Crippen LogP contribution in [0.2, 0.25) is 0 Å². The third-order valence-electron chi connectivity index (χ3n) is 6.31. The number of benzene rings is 1. The number of imidazole rings is 1. The molecule has 0 radical (unpaired) electrons. The second kappa shape index (κ2) is 9.28. The fraction of sp³-hybridized carbons (Fsp3) is 0.524. The van der Waals surface area contributed by atoms with Crippen molar-refractivity contribution in [2.24, 2.45) is 18.4 Å². The molecule has 2 aromatic rings. The topological polar surface area (TPSA) is 95.7 Å². The Bertz CT molecular complexity index is 947. The van der Waals surface area contributed by atoms with Gasteiger partial charge in [0.2, 0.25) is 10.0 Å². The molecule has 3 heterocycles. The van der Waals surface area contributed by atoms with E-state index in [0.717, 1.165) is 38.3 Å². The Balaban J connectivity index is 0.000000806. The Morgan fingerprint density at radius 2 is 1.93 bits per heavy atom. The van der Waals surface area contributed by atoms with Crippen LogP contribution in [0.15, 0.2) is 42.7 Å². The number of hydrogen-bond acceptors (Lipinski definition) is 5. The van der Waals surface area contributed by atoms with Crippen molar-refractivity contribution in [3.63, 3.8) is 0 Å². The van der Waals surface area contributed by atoms with Gasteiger partial charge in [0.25, 0.3) is 6.47 Å². The lowest BCUT2D eigenvalue weighted by Gasteiger charge is -2.29. The fourth-order valence-electron chi connectivity index (χ4n) is 4.76. The van der Waals surface area contributed by atoms with Gasteiger partial charge >= 0.3 is 0 Å². The first-order valence-electron chi connectivity index (χ1n) is 10.0. The van der Waals surface area contributed by atoms with Crippen molar-refractivity contribution in [3.8, 4) is 0 Å². The number of rotatable bonds is 6. The van der Waals surface area contributed by atoms with E-state index in [9.17, 15) is 8.42 Å². The van der Waals surface area contributed by atoms with Gasteiger partial charge in [-0.25, -0.2) is 17.7 Å². The van der Waals surface area contributed by atoms with Crippen LogP contribution in [-0.2, 0) is 34.8 Å². The van der Waals surface area contributed by atoms with Crippen molar-refractivity contribution in [1.29, 1.82) is 0 Å². The van der Waals surface area contributed by atoms with Crippen molar-refractivity contribution in [2.45, 2.75) is 19.4 Å². The van der Waals surface area contributed by atoms with Crippen LogP contribution in [-0.4, -0.2) is 71.2 Å². The Morgan fingerprint density at radius 1 is 1.23 bits per heavy atom. The summed E-state index contributed by atoms with van der Waals surface area (Å²) in [4.78, 5) is 15.3. The standard InChI is InChI=1S/C20H28N4O2S.CH2O2/c1-22-11-10-21-19(22)14-23-12-18-13-24(27(2,25)26)16-20(18,15-23)9-8-17-6-4-3-5-7-17;2-1-3/h3-7,10-11,18H,8-9,12-16H2,1-2H3;1H,(H,2,3). The number of hydrogen-bond donors (Lipinski definition) is 1. The second-order valence-electron chi connectivity index (χ2n) is 8.33. The monoisotopic (exact) mass is 434 g/mol. The number of sulfonamides is 1. The Morgan fingerprint density at radius 3 is 2.53 bits per heavy atom. The number of nitrogens with zero attached hydrogens (tertiary/aromatic N) is 4. The summed E-state index contributed by atoms with van der Waals surface area (Å²) < 4.78 is 28.1. The van der Waals surface area contributed by atoms with Crippen LogP contribution in [0.3, 0.4) is 0 Å². The first-order valence-corrected chi connectivity index (χ1v) is 11.9. The average molecular weight is 435 g/mol. The van der Waals surface area contributed by atoms with E-state index in [2.05, 4.69) is 38.7 Å². The molecule has 2 fully saturated rings. The Kier molecular flexibility index (Phi) is 6.95. The molecule has 0 amide bonds. The zero-order chi connectivity index (χ0) is 21.8. The molecule has 1 aromatic carbocycles. The lowest BCUT2D eigenvalue weighted by molar-refractivity contribution is -0.122. The smallest absolute Gasteiger partial charge is 0.290 e. The number of aromatic nitrogens is 2. The van der Waals surface area contributed by atoms with Crippen molar-refractivity contribution in [3.05, 3.63) is 54.1 Å². The van der Waals surface area contributed by atoms with Crippen LogP contribution in [0, 0.1) is 11.3 Å². The predicted octanol–water partition coefficient (Wildman–Crippen LogP) is 1.45. The van der Waals surface area contributed by atoms with E-state index in [-0.39, 0.29) is 11.9 Å². The normalized spacial score (nSPS) is 24.3. The van der Waals surface area contributed by atoms with Crippen LogP contribution >= 0.6 is 0 Å².